The summed E-state index contributed by atoms with van der Waals surface area (Å²) in [6.07, 6.45) is 5.69. The lowest BCUT2D eigenvalue weighted by molar-refractivity contribution is -0.141. The van der Waals surface area contributed by atoms with E-state index in [0.29, 0.717) is 28.4 Å². The SMILES string of the molecule is CCn1c(C(C)N2CCN(C(=O)C3CCCCC3)C(C)C2)nc2ccc(Cl)cc2c1=O. The molecule has 6 nitrogen and oxygen atoms in total. The van der Waals surface area contributed by atoms with Gasteiger partial charge in [-0.25, -0.2) is 4.98 Å². The Bertz CT molecular complexity index is 1010. The highest BCUT2D eigenvalue weighted by atomic mass is 35.5. The number of benzene rings is 1. The zero-order valence-corrected chi connectivity index (χ0v) is 19.6. The molecule has 1 saturated heterocycles. The van der Waals surface area contributed by atoms with Crippen LogP contribution in [0.25, 0.3) is 10.9 Å². The predicted molar refractivity (Wildman–Crippen MR) is 124 cm³/mol. The standard InChI is InChI=1S/C24H33ClN4O2/c1-4-28-22(26-21-11-10-19(25)14-20(21)24(28)31)17(3)27-12-13-29(16(2)15-27)23(30)18-8-6-5-7-9-18/h10-11,14,16-18H,4-9,12-13,15H2,1-3H3. The fourth-order valence-electron chi connectivity index (χ4n) is 5.25. The molecule has 31 heavy (non-hydrogen) atoms. The summed E-state index contributed by atoms with van der Waals surface area (Å²) in [5, 5.41) is 1.10. The first-order valence-electron chi connectivity index (χ1n) is 11.6. The van der Waals surface area contributed by atoms with Crippen molar-refractivity contribution in [1.82, 2.24) is 19.4 Å². The van der Waals surface area contributed by atoms with Gasteiger partial charge in [0, 0.05) is 43.2 Å². The van der Waals surface area contributed by atoms with Gasteiger partial charge >= 0.3 is 0 Å². The van der Waals surface area contributed by atoms with E-state index in [1.165, 1.54) is 19.3 Å². The molecule has 1 aromatic carbocycles. The van der Waals surface area contributed by atoms with E-state index in [4.69, 9.17) is 16.6 Å². The first-order valence-corrected chi connectivity index (χ1v) is 12.0. The minimum absolute atomic E-state index is 0.0119. The van der Waals surface area contributed by atoms with Crippen molar-refractivity contribution in [2.45, 2.75) is 71.5 Å². The van der Waals surface area contributed by atoms with Gasteiger partial charge in [-0.1, -0.05) is 30.9 Å². The highest BCUT2D eigenvalue weighted by molar-refractivity contribution is 6.31. The van der Waals surface area contributed by atoms with Gasteiger partial charge in [0.05, 0.1) is 16.9 Å². The van der Waals surface area contributed by atoms with E-state index in [2.05, 4.69) is 23.6 Å². The zero-order valence-electron chi connectivity index (χ0n) is 18.8. The van der Waals surface area contributed by atoms with E-state index in [9.17, 15) is 9.59 Å². The molecule has 0 radical (unpaired) electrons. The van der Waals surface area contributed by atoms with E-state index in [0.717, 1.165) is 38.3 Å². The van der Waals surface area contributed by atoms with Crippen LogP contribution in [0, 0.1) is 5.92 Å². The van der Waals surface area contributed by atoms with Crippen LogP contribution in [0.2, 0.25) is 5.02 Å². The number of amides is 1. The van der Waals surface area contributed by atoms with Crippen molar-refractivity contribution in [3.05, 3.63) is 39.4 Å². The fourth-order valence-corrected chi connectivity index (χ4v) is 5.42. The molecule has 1 aromatic heterocycles. The van der Waals surface area contributed by atoms with Crippen LogP contribution in [0.5, 0.6) is 0 Å². The topological polar surface area (TPSA) is 58.4 Å². The molecule has 1 amide bonds. The second kappa shape index (κ2) is 9.29. The van der Waals surface area contributed by atoms with Crippen molar-refractivity contribution in [3.63, 3.8) is 0 Å². The average Bonchev–Trinajstić information content (AvgIpc) is 2.79. The molecular formula is C24H33ClN4O2. The van der Waals surface area contributed by atoms with Gasteiger partial charge in [-0.15, -0.1) is 0 Å². The van der Waals surface area contributed by atoms with Gasteiger partial charge in [0.25, 0.3) is 5.56 Å². The Balaban J connectivity index is 1.54. The number of rotatable bonds is 4. The zero-order chi connectivity index (χ0) is 22.1. The van der Waals surface area contributed by atoms with Crippen molar-refractivity contribution in [1.29, 1.82) is 0 Å². The number of fused-ring (bicyclic) bond motifs is 1. The minimum atomic E-state index is -0.0454. The highest BCUT2D eigenvalue weighted by Gasteiger charge is 2.34. The molecule has 1 saturated carbocycles. The Morgan fingerprint density at radius 1 is 1.23 bits per heavy atom. The van der Waals surface area contributed by atoms with E-state index in [1.807, 2.05) is 13.0 Å². The van der Waals surface area contributed by atoms with E-state index < -0.39 is 0 Å². The van der Waals surface area contributed by atoms with E-state index >= 15 is 0 Å². The molecule has 2 heterocycles. The third kappa shape index (κ3) is 4.37. The molecule has 2 aromatic rings. The summed E-state index contributed by atoms with van der Waals surface area (Å²) in [6.45, 7) is 9.10. The minimum Gasteiger partial charge on any atom is -0.337 e. The van der Waals surface area contributed by atoms with Gasteiger partial charge in [0.2, 0.25) is 5.91 Å². The van der Waals surface area contributed by atoms with Crippen molar-refractivity contribution in [3.8, 4) is 0 Å². The highest BCUT2D eigenvalue weighted by Crippen LogP contribution is 2.29. The fraction of sp³-hybridized carbons (Fsp3) is 0.625. The largest absolute Gasteiger partial charge is 0.337 e. The molecule has 2 unspecified atom stereocenters. The smallest absolute Gasteiger partial charge is 0.261 e. The Morgan fingerprint density at radius 2 is 1.97 bits per heavy atom. The summed E-state index contributed by atoms with van der Waals surface area (Å²) >= 11 is 6.11. The molecule has 168 valence electrons. The number of halogens is 1. The van der Waals surface area contributed by atoms with Crippen molar-refractivity contribution in [2.24, 2.45) is 5.92 Å². The number of nitrogens with zero attached hydrogens (tertiary/aromatic N) is 4. The molecule has 1 aliphatic heterocycles. The normalized spacial score (nSPS) is 22.1. The number of carbonyl (C=O) groups excluding carboxylic acids is 1. The monoisotopic (exact) mass is 444 g/mol. The van der Waals surface area contributed by atoms with Crippen molar-refractivity contribution < 1.29 is 4.79 Å². The number of hydrogen-bond donors (Lipinski definition) is 0. The average molecular weight is 445 g/mol. The van der Waals surface area contributed by atoms with Gasteiger partial charge in [0.15, 0.2) is 0 Å². The predicted octanol–water partition coefficient (Wildman–Crippen LogP) is 4.24. The summed E-state index contributed by atoms with van der Waals surface area (Å²) in [4.78, 5) is 35.5. The third-order valence-corrected chi connectivity index (χ3v) is 7.31. The maximum atomic E-state index is 13.1. The molecule has 0 N–H and O–H groups in total. The molecule has 0 spiro atoms. The Hall–Kier alpha value is -1.92. The molecule has 2 aliphatic rings. The first-order chi connectivity index (χ1) is 14.9. The summed E-state index contributed by atoms with van der Waals surface area (Å²) in [5.74, 6) is 1.33. The van der Waals surface area contributed by atoms with E-state index in [-0.39, 0.29) is 23.6 Å². The number of piperazine rings is 1. The van der Waals surface area contributed by atoms with Crippen molar-refractivity contribution in [2.75, 3.05) is 19.6 Å². The molecule has 7 heteroatoms. The number of aromatic nitrogens is 2. The second-order valence-corrected chi connectivity index (χ2v) is 9.50. The summed E-state index contributed by atoms with van der Waals surface area (Å²) in [5.41, 5.74) is 0.635. The summed E-state index contributed by atoms with van der Waals surface area (Å²) in [6, 6.07) is 5.44. The maximum absolute atomic E-state index is 13.1. The van der Waals surface area contributed by atoms with Gasteiger partial charge in [-0.3, -0.25) is 19.1 Å². The van der Waals surface area contributed by atoms with Gasteiger partial charge in [-0.2, -0.15) is 0 Å². The van der Waals surface area contributed by atoms with Crippen LogP contribution in [0.4, 0.5) is 0 Å². The van der Waals surface area contributed by atoms with Gasteiger partial charge < -0.3 is 4.90 Å². The Kier molecular flexibility index (Phi) is 6.68. The van der Waals surface area contributed by atoms with Crippen LogP contribution < -0.4 is 5.56 Å². The Morgan fingerprint density at radius 3 is 2.65 bits per heavy atom. The number of carbonyl (C=O) groups is 1. The molecule has 0 bridgehead atoms. The van der Waals surface area contributed by atoms with Crippen LogP contribution in [0.1, 0.15) is 64.7 Å². The van der Waals surface area contributed by atoms with E-state index in [1.54, 1.807) is 16.7 Å². The van der Waals surface area contributed by atoms with Gasteiger partial charge in [-0.05, 0) is 51.8 Å². The molecule has 4 rings (SSSR count). The third-order valence-electron chi connectivity index (χ3n) is 7.08. The second-order valence-electron chi connectivity index (χ2n) is 9.07. The number of hydrogen-bond acceptors (Lipinski definition) is 4. The van der Waals surface area contributed by atoms with Crippen LogP contribution in [-0.2, 0) is 11.3 Å². The first kappa shape index (κ1) is 22.3. The van der Waals surface area contributed by atoms with Crippen LogP contribution in [0.15, 0.2) is 23.0 Å². The lowest BCUT2D eigenvalue weighted by Crippen LogP contribution is -2.56. The lowest BCUT2D eigenvalue weighted by Gasteiger charge is -2.43. The lowest BCUT2D eigenvalue weighted by atomic mass is 9.87. The van der Waals surface area contributed by atoms with Crippen LogP contribution in [-0.4, -0.2) is 50.9 Å². The molecule has 2 atom stereocenters. The van der Waals surface area contributed by atoms with Crippen LogP contribution >= 0.6 is 11.6 Å². The van der Waals surface area contributed by atoms with Crippen LogP contribution in [0.3, 0.4) is 0 Å². The summed E-state index contributed by atoms with van der Waals surface area (Å²) < 4.78 is 1.76. The molecule has 2 fully saturated rings. The summed E-state index contributed by atoms with van der Waals surface area (Å²) in [7, 11) is 0. The quantitative estimate of drug-likeness (QED) is 0.707. The van der Waals surface area contributed by atoms with Gasteiger partial charge in [0.1, 0.15) is 5.82 Å². The van der Waals surface area contributed by atoms with Crippen molar-refractivity contribution >= 4 is 28.4 Å². The maximum Gasteiger partial charge on any atom is 0.261 e. The molecule has 1 aliphatic carbocycles. The molecular weight excluding hydrogens is 412 g/mol. The Labute approximate surface area is 189 Å².